The van der Waals surface area contributed by atoms with Crippen molar-refractivity contribution >= 4 is 28.2 Å². The number of hydrogen-bond donors (Lipinski definition) is 0. The van der Waals surface area contributed by atoms with Gasteiger partial charge in [0.25, 0.3) is 11.8 Å². The number of benzene rings is 1. The molecule has 1 aromatic carbocycles. The molecule has 1 atom stereocenters. The molecule has 8 heteroatoms. The summed E-state index contributed by atoms with van der Waals surface area (Å²) in [6.45, 7) is 1.00. The summed E-state index contributed by atoms with van der Waals surface area (Å²) in [5.41, 5.74) is -0.0970. The Bertz CT molecular complexity index is 1230. The zero-order valence-electron chi connectivity index (χ0n) is 15.4. The Balaban J connectivity index is 1.39. The van der Waals surface area contributed by atoms with E-state index in [0.717, 1.165) is 23.1 Å². The molecule has 7 nitrogen and oxygen atoms in total. The first-order chi connectivity index (χ1) is 14.2. The average molecular weight is 407 g/mol. The molecule has 29 heavy (non-hydrogen) atoms. The number of amides is 1. The Morgan fingerprint density at radius 3 is 2.90 bits per heavy atom. The number of nitrogens with zero attached hydrogens (tertiary/aromatic N) is 3. The Hall–Kier alpha value is -3.26. The van der Waals surface area contributed by atoms with Gasteiger partial charge in [-0.2, -0.15) is 0 Å². The van der Waals surface area contributed by atoms with E-state index in [0.29, 0.717) is 30.5 Å². The number of carbonyl (C=O) groups excluding carboxylic acids is 1. The highest BCUT2D eigenvalue weighted by Gasteiger charge is 2.30. The summed E-state index contributed by atoms with van der Waals surface area (Å²) in [5, 5.41) is 11.0. The number of hydrogen-bond acceptors (Lipinski definition) is 7. The number of thiophene rings is 1. The topological polar surface area (TPSA) is 89.4 Å². The third-order valence-electron chi connectivity index (χ3n) is 5.10. The Labute approximate surface area is 169 Å². The minimum Gasteiger partial charge on any atom is -0.422 e. The van der Waals surface area contributed by atoms with Crippen molar-refractivity contribution < 1.29 is 13.6 Å². The second kappa shape index (κ2) is 7.29. The first-order valence-corrected chi connectivity index (χ1v) is 10.3. The monoisotopic (exact) mass is 407 g/mol. The molecule has 1 aliphatic rings. The lowest BCUT2D eigenvalue weighted by Crippen LogP contribution is -2.40. The van der Waals surface area contributed by atoms with Crippen LogP contribution in [0.3, 0.4) is 0 Å². The number of piperidine rings is 1. The zero-order chi connectivity index (χ0) is 19.8. The molecule has 4 aromatic rings. The molecule has 0 N–H and O–H groups in total. The number of fused-ring (bicyclic) bond motifs is 1. The summed E-state index contributed by atoms with van der Waals surface area (Å²) in [7, 11) is 0. The number of para-hydroxylation sites is 1. The predicted octanol–water partition coefficient (Wildman–Crippen LogP) is 3.92. The summed E-state index contributed by atoms with van der Waals surface area (Å²) in [6.07, 6.45) is 1.65. The summed E-state index contributed by atoms with van der Waals surface area (Å²) in [5.74, 6) is 0.638. The van der Waals surface area contributed by atoms with E-state index < -0.39 is 5.63 Å². The summed E-state index contributed by atoms with van der Waals surface area (Å²) >= 11 is 1.54. The van der Waals surface area contributed by atoms with Gasteiger partial charge in [-0.25, -0.2) is 4.79 Å². The molecule has 0 aliphatic carbocycles. The molecule has 5 rings (SSSR count). The lowest BCUT2D eigenvalue weighted by atomic mass is 9.97. The largest absolute Gasteiger partial charge is 0.422 e. The molecule has 1 amide bonds. The Morgan fingerprint density at radius 1 is 1.14 bits per heavy atom. The lowest BCUT2D eigenvalue weighted by molar-refractivity contribution is 0.0694. The summed E-state index contributed by atoms with van der Waals surface area (Å²) in [6, 6.07) is 12.6. The molecular formula is C21H17N3O4S. The van der Waals surface area contributed by atoms with Crippen molar-refractivity contribution in [3.05, 3.63) is 69.7 Å². The van der Waals surface area contributed by atoms with Gasteiger partial charge in [0, 0.05) is 18.5 Å². The van der Waals surface area contributed by atoms with Crippen LogP contribution in [0.2, 0.25) is 0 Å². The maximum atomic E-state index is 13.0. The van der Waals surface area contributed by atoms with E-state index in [4.69, 9.17) is 8.83 Å². The van der Waals surface area contributed by atoms with Gasteiger partial charge in [0.15, 0.2) is 0 Å². The maximum Gasteiger partial charge on any atom is 0.349 e. The van der Waals surface area contributed by atoms with Crippen LogP contribution in [0.5, 0.6) is 0 Å². The highest BCUT2D eigenvalue weighted by molar-refractivity contribution is 7.13. The van der Waals surface area contributed by atoms with Crippen molar-refractivity contribution in [3.8, 4) is 10.8 Å². The second-order valence-electron chi connectivity index (χ2n) is 7.00. The second-order valence-corrected chi connectivity index (χ2v) is 7.95. The number of aromatic nitrogens is 2. The first kappa shape index (κ1) is 17.8. The van der Waals surface area contributed by atoms with Crippen LogP contribution in [-0.4, -0.2) is 34.1 Å². The minimum atomic E-state index is -0.617. The van der Waals surface area contributed by atoms with Crippen LogP contribution in [0.4, 0.5) is 0 Å². The molecule has 0 spiro atoms. The number of carbonyl (C=O) groups is 1. The fourth-order valence-corrected chi connectivity index (χ4v) is 4.29. The maximum absolute atomic E-state index is 13.0. The SMILES string of the molecule is O=C(c1cc2ccccc2oc1=O)N1CCCC(c2nnc(-c3cccs3)o2)C1. The van der Waals surface area contributed by atoms with Crippen molar-refractivity contribution in [1.29, 1.82) is 0 Å². The first-order valence-electron chi connectivity index (χ1n) is 9.38. The highest BCUT2D eigenvalue weighted by atomic mass is 32.1. The van der Waals surface area contributed by atoms with Crippen LogP contribution in [-0.2, 0) is 0 Å². The molecule has 3 aromatic heterocycles. The van der Waals surface area contributed by atoms with Gasteiger partial charge in [0.2, 0.25) is 5.89 Å². The third kappa shape index (κ3) is 3.36. The fraction of sp³-hybridized carbons (Fsp3) is 0.238. The van der Waals surface area contributed by atoms with Crippen LogP contribution < -0.4 is 5.63 Å². The Morgan fingerprint density at radius 2 is 2.03 bits per heavy atom. The van der Waals surface area contributed by atoms with Crippen LogP contribution in [0.1, 0.15) is 35.0 Å². The van der Waals surface area contributed by atoms with Crippen molar-refractivity contribution in [2.75, 3.05) is 13.1 Å². The van der Waals surface area contributed by atoms with Gasteiger partial charge in [-0.3, -0.25) is 4.79 Å². The molecule has 1 aliphatic heterocycles. The molecule has 1 unspecified atom stereocenters. The smallest absolute Gasteiger partial charge is 0.349 e. The van der Waals surface area contributed by atoms with Crippen molar-refractivity contribution in [3.63, 3.8) is 0 Å². The van der Waals surface area contributed by atoms with Gasteiger partial charge in [-0.1, -0.05) is 24.3 Å². The van der Waals surface area contributed by atoms with E-state index in [-0.39, 0.29) is 17.4 Å². The average Bonchev–Trinajstić information content (AvgIpc) is 3.45. The van der Waals surface area contributed by atoms with E-state index in [9.17, 15) is 9.59 Å². The van der Waals surface area contributed by atoms with E-state index in [1.165, 1.54) is 11.3 Å². The lowest BCUT2D eigenvalue weighted by Gasteiger charge is -2.30. The predicted molar refractivity (Wildman–Crippen MR) is 108 cm³/mol. The van der Waals surface area contributed by atoms with Crippen LogP contribution >= 0.6 is 11.3 Å². The third-order valence-corrected chi connectivity index (χ3v) is 5.96. The minimum absolute atomic E-state index is 0.0501. The van der Waals surface area contributed by atoms with E-state index >= 15 is 0 Å². The number of likely N-dealkylation sites (tertiary alicyclic amines) is 1. The standard InChI is InChI=1S/C21H17N3O4S/c25-20(15-11-13-5-1-2-7-16(13)27-21(15)26)24-9-3-6-14(12-24)18-22-23-19(28-18)17-8-4-10-29-17/h1-2,4-5,7-8,10-11,14H,3,6,9,12H2. The summed E-state index contributed by atoms with van der Waals surface area (Å²) in [4.78, 5) is 28.0. The van der Waals surface area contributed by atoms with Crippen molar-refractivity contribution in [2.45, 2.75) is 18.8 Å². The molecule has 1 fully saturated rings. The van der Waals surface area contributed by atoms with Crippen LogP contribution in [0.15, 0.2) is 61.5 Å². The van der Waals surface area contributed by atoms with E-state index in [2.05, 4.69) is 10.2 Å². The van der Waals surface area contributed by atoms with E-state index in [1.54, 1.807) is 23.1 Å². The van der Waals surface area contributed by atoms with Gasteiger partial charge in [0.1, 0.15) is 11.1 Å². The molecule has 4 heterocycles. The molecule has 0 bridgehead atoms. The van der Waals surface area contributed by atoms with Gasteiger partial charge in [-0.05, 0) is 36.4 Å². The van der Waals surface area contributed by atoms with Crippen LogP contribution in [0.25, 0.3) is 21.7 Å². The quantitative estimate of drug-likeness (QED) is 0.478. The molecule has 0 saturated carbocycles. The van der Waals surface area contributed by atoms with Gasteiger partial charge >= 0.3 is 5.63 Å². The molecular weight excluding hydrogens is 390 g/mol. The van der Waals surface area contributed by atoms with Crippen LogP contribution in [0, 0.1) is 0 Å². The Kier molecular flexibility index (Phi) is 4.48. The van der Waals surface area contributed by atoms with E-state index in [1.807, 2.05) is 29.6 Å². The number of rotatable bonds is 3. The normalized spacial score (nSPS) is 17.0. The molecule has 0 radical (unpaired) electrons. The van der Waals surface area contributed by atoms with Gasteiger partial charge in [-0.15, -0.1) is 21.5 Å². The molecule has 146 valence electrons. The van der Waals surface area contributed by atoms with Gasteiger partial charge < -0.3 is 13.7 Å². The summed E-state index contributed by atoms with van der Waals surface area (Å²) < 4.78 is 11.2. The fourth-order valence-electron chi connectivity index (χ4n) is 3.64. The van der Waals surface area contributed by atoms with Crippen molar-refractivity contribution in [1.82, 2.24) is 15.1 Å². The van der Waals surface area contributed by atoms with Crippen molar-refractivity contribution in [2.24, 2.45) is 0 Å². The molecule has 1 saturated heterocycles. The zero-order valence-corrected chi connectivity index (χ0v) is 16.2. The highest BCUT2D eigenvalue weighted by Crippen LogP contribution is 2.30. The van der Waals surface area contributed by atoms with Gasteiger partial charge in [0.05, 0.1) is 10.8 Å².